The molecule has 0 spiro atoms. The number of methoxy groups -OCH3 is 3. The summed E-state index contributed by atoms with van der Waals surface area (Å²) in [4.78, 5) is 25.6. The fraction of sp³-hybridized carbons (Fsp3) is 0.200. The highest BCUT2D eigenvalue weighted by Crippen LogP contribution is 2.34. The number of carbonyl (C=O) groups is 2. The minimum absolute atomic E-state index is 0.0000902. The van der Waals surface area contributed by atoms with E-state index in [1.54, 1.807) is 37.3 Å². The van der Waals surface area contributed by atoms with Crippen LogP contribution >= 0.6 is 11.6 Å². The first-order valence-electron chi connectivity index (χ1n) is 10.6. The Balaban J connectivity index is 2.05. The molecule has 0 fully saturated rings. The maximum absolute atomic E-state index is 13.6. The number of rotatable bonds is 9. The molecule has 0 heterocycles. The number of benzene rings is 3. The van der Waals surface area contributed by atoms with Gasteiger partial charge in [-0.05, 0) is 36.8 Å². The SMILES string of the molecule is COC(=O)c1cc(OC)c(OC)cc1NC(=O)CN(c1cc(Cl)ccc1C)S(=O)(=O)c1ccccc1. The predicted molar refractivity (Wildman–Crippen MR) is 137 cm³/mol. The number of halogens is 1. The highest BCUT2D eigenvalue weighted by Gasteiger charge is 2.29. The maximum atomic E-state index is 13.6. The van der Waals surface area contributed by atoms with Crippen molar-refractivity contribution in [3.05, 3.63) is 76.8 Å². The standard InChI is InChI=1S/C25H25ClN2O7S/c1-16-10-11-17(26)12-21(16)28(36(31,32)18-8-6-5-7-9-18)15-24(29)27-20-14-23(34-3)22(33-2)13-19(20)25(30)35-4/h5-14H,15H2,1-4H3,(H,27,29). The molecule has 9 nitrogen and oxygen atoms in total. The smallest absolute Gasteiger partial charge is 0.340 e. The van der Waals surface area contributed by atoms with E-state index in [1.807, 2.05) is 0 Å². The third kappa shape index (κ3) is 5.72. The fourth-order valence-electron chi connectivity index (χ4n) is 3.45. The van der Waals surface area contributed by atoms with E-state index in [-0.39, 0.29) is 33.3 Å². The summed E-state index contributed by atoms with van der Waals surface area (Å²) >= 11 is 6.16. The third-order valence-electron chi connectivity index (χ3n) is 5.26. The molecule has 0 saturated heterocycles. The van der Waals surface area contributed by atoms with Gasteiger partial charge in [0.15, 0.2) is 11.5 Å². The second-order valence-corrected chi connectivity index (χ2v) is 9.85. The number of ether oxygens (including phenoxy) is 3. The van der Waals surface area contributed by atoms with Crippen LogP contribution in [0.15, 0.2) is 65.6 Å². The minimum atomic E-state index is -4.16. The molecule has 3 aromatic carbocycles. The molecule has 3 aromatic rings. The zero-order valence-electron chi connectivity index (χ0n) is 20.1. The lowest BCUT2D eigenvalue weighted by Gasteiger charge is -2.26. The van der Waals surface area contributed by atoms with Gasteiger partial charge in [0.05, 0.1) is 43.2 Å². The van der Waals surface area contributed by atoms with Crippen molar-refractivity contribution in [1.82, 2.24) is 0 Å². The van der Waals surface area contributed by atoms with Gasteiger partial charge in [-0.3, -0.25) is 9.10 Å². The van der Waals surface area contributed by atoms with Crippen molar-refractivity contribution < 1.29 is 32.2 Å². The van der Waals surface area contributed by atoms with Crippen LogP contribution in [-0.4, -0.2) is 48.2 Å². The van der Waals surface area contributed by atoms with Crippen LogP contribution in [0, 0.1) is 6.92 Å². The lowest BCUT2D eigenvalue weighted by molar-refractivity contribution is -0.114. The van der Waals surface area contributed by atoms with Gasteiger partial charge in [-0.1, -0.05) is 35.9 Å². The topological polar surface area (TPSA) is 111 Å². The van der Waals surface area contributed by atoms with Gasteiger partial charge in [0.1, 0.15) is 6.54 Å². The van der Waals surface area contributed by atoms with Crippen LogP contribution in [0.3, 0.4) is 0 Å². The second-order valence-electron chi connectivity index (χ2n) is 7.55. The van der Waals surface area contributed by atoms with Crippen molar-refractivity contribution in [3.63, 3.8) is 0 Å². The summed E-state index contributed by atoms with van der Waals surface area (Å²) in [5.41, 5.74) is 0.888. The Morgan fingerprint density at radius 1 is 0.944 bits per heavy atom. The normalized spacial score (nSPS) is 10.9. The molecule has 0 aliphatic carbocycles. The van der Waals surface area contributed by atoms with Gasteiger partial charge in [-0.2, -0.15) is 0 Å². The van der Waals surface area contributed by atoms with Gasteiger partial charge in [0.25, 0.3) is 10.0 Å². The number of sulfonamides is 1. The zero-order chi connectivity index (χ0) is 26.5. The first-order valence-corrected chi connectivity index (χ1v) is 12.4. The zero-order valence-corrected chi connectivity index (χ0v) is 21.6. The highest BCUT2D eigenvalue weighted by atomic mass is 35.5. The fourth-order valence-corrected chi connectivity index (χ4v) is 5.12. The van der Waals surface area contributed by atoms with Gasteiger partial charge < -0.3 is 19.5 Å². The van der Waals surface area contributed by atoms with Crippen LogP contribution < -0.4 is 19.1 Å². The molecule has 1 amide bonds. The van der Waals surface area contributed by atoms with Crippen LogP contribution in [0.1, 0.15) is 15.9 Å². The Hall–Kier alpha value is -3.76. The van der Waals surface area contributed by atoms with E-state index >= 15 is 0 Å². The predicted octanol–water partition coefficient (Wildman–Crippen LogP) is 4.29. The van der Waals surface area contributed by atoms with Crippen molar-refractivity contribution in [2.75, 3.05) is 37.5 Å². The van der Waals surface area contributed by atoms with E-state index in [4.69, 9.17) is 25.8 Å². The van der Waals surface area contributed by atoms with Gasteiger partial charge >= 0.3 is 5.97 Å². The molecular formula is C25H25ClN2O7S. The molecule has 11 heteroatoms. The number of carbonyl (C=O) groups excluding carboxylic acids is 2. The Morgan fingerprint density at radius 2 is 1.58 bits per heavy atom. The molecule has 0 bridgehead atoms. The number of esters is 1. The molecule has 0 atom stereocenters. The lowest BCUT2D eigenvalue weighted by atomic mass is 10.1. The molecule has 3 rings (SSSR count). The summed E-state index contributed by atoms with van der Waals surface area (Å²) in [6.07, 6.45) is 0. The van der Waals surface area contributed by atoms with Gasteiger partial charge in [-0.15, -0.1) is 0 Å². The molecule has 0 aliphatic heterocycles. The van der Waals surface area contributed by atoms with Gasteiger partial charge in [0, 0.05) is 17.2 Å². The van der Waals surface area contributed by atoms with Crippen molar-refractivity contribution in [2.45, 2.75) is 11.8 Å². The van der Waals surface area contributed by atoms with E-state index in [0.717, 1.165) is 4.31 Å². The van der Waals surface area contributed by atoms with Crippen molar-refractivity contribution in [2.24, 2.45) is 0 Å². The van der Waals surface area contributed by atoms with Gasteiger partial charge in [0.2, 0.25) is 5.91 Å². The summed E-state index contributed by atoms with van der Waals surface area (Å²) in [6, 6.07) is 15.2. The summed E-state index contributed by atoms with van der Waals surface area (Å²) in [6.45, 7) is 1.11. The number of hydrogen-bond acceptors (Lipinski definition) is 7. The number of hydrogen-bond donors (Lipinski definition) is 1. The maximum Gasteiger partial charge on any atom is 0.340 e. The van der Waals surface area contributed by atoms with Crippen molar-refractivity contribution in [1.29, 1.82) is 0 Å². The van der Waals surface area contributed by atoms with E-state index < -0.39 is 28.4 Å². The molecule has 0 saturated carbocycles. The molecule has 0 aromatic heterocycles. The number of nitrogens with one attached hydrogen (secondary N) is 1. The monoisotopic (exact) mass is 532 g/mol. The number of anilines is 2. The van der Waals surface area contributed by atoms with Crippen LogP contribution in [-0.2, 0) is 19.6 Å². The molecule has 36 heavy (non-hydrogen) atoms. The quantitative estimate of drug-likeness (QED) is 0.409. The number of aryl methyl sites for hydroxylation is 1. The van der Waals surface area contributed by atoms with E-state index in [9.17, 15) is 18.0 Å². The molecule has 0 aliphatic rings. The van der Waals surface area contributed by atoms with Crippen LogP contribution in [0.5, 0.6) is 11.5 Å². The molecule has 1 N–H and O–H groups in total. The van der Waals surface area contributed by atoms with Crippen LogP contribution in [0.25, 0.3) is 0 Å². The Labute approximate surface area is 214 Å². The van der Waals surface area contributed by atoms with E-state index in [1.165, 1.54) is 51.7 Å². The second kappa shape index (κ2) is 11.3. The Kier molecular flexibility index (Phi) is 8.44. The summed E-state index contributed by atoms with van der Waals surface area (Å²) in [7, 11) is -0.163. The Morgan fingerprint density at radius 3 is 2.19 bits per heavy atom. The number of nitrogens with zero attached hydrogens (tertiary/aromatic N) is 1. The average Bonchev–Trinajstić information content (AvgIpc) is 2.88. The number of amides is 1. The van der Waals surface area contributed by atoms with Crippen LogP contribution in [0.4, 0.5) is 11.4 Å². The first kappa shape index (κ1) is 26.8. The molecular weight excluding hydrogens is 508 g/mol. The molecule has 0 unspecified atom stereocenters. The highest BCUT2D eigenvalue weighted by molar-refractivity contribution is 7.92. The summed E-state index contributed by atoms with van der Waals surface area (Å²) in [5, 5.41) is 2.90. The van der Waals surface area contributed by atoms with Crippen molar-refractivity contribution >= 4 is 44.9 Å². The molecule has 190 valence electrons. The lowest BCUT2D eigenvalue weighted by Crippen LogP contribution is -2.38. The molecule has 0 radical (unpaired) electrons. The van der Waals surface area contributed by atoms with Crippen molar-refractivity contribution in [3.8, 4) is 11.5 Å². The van der Waals surface area contributed by atoms with E-state index in [0.29, 0.717) is 10.6 Å². The summed E-state index contributed by atoms with van der Waals surface area (Å²) < 4.78 is 43.4. The van der Waals surface area contributed by atoms with Crippen LogP contribution in [0.2, 0.25) is 5.02 Å². The Bertz CT molecular complexity index is 1380. The third-order valence-corrected chi connectivity index (χ3v) is 7.27. The average molecular weight is 533 g/mol. The van der Waals surface area contributed by atoms with E-state index in [2.05, 4.69) is 5.32 Å². The van der Waals surface area contributed by atoms with Gasteiger partial charge in [-0.25, -0.2) is 13.2 Å². The first-order chi connectivity index (χ1) is 17.1. The minimum Gasteiger partial charge on any atom is -0.493 e. The summed E-state index contributed by atoms with van der Waals surface area (Å²) in [5.74, 6) is -0.949. The largest absolute Gasteiger partial charge is 0.493 e.